The molecule has 3 aromatic rings. The van der Waals surface area contributed by atoms with Gasteiger partial charge in [-0.25, -0.2) is 0 Å². The summed E-state index contributed by atoms with van der Waals surface area (Å²) in [4.78, 5) is 4.55. The fraction of sp³-hybridized carbons (Fsp3) is 0.0952. The molecule has 0 saturated heterocycles. The zero-order chi connectivity index (χ0) is 16.1. The third kappa shape index (κ3) is 4.07. The highest BCUT2D eigenvalue weighted by Crippen LogP contribution is 2.22. The largest absolute Gasteiger partial charge is 0.457 e. The standard InChI is InChI=1S/C21H19NO/c1-16-11-12-19(13-17(16)2)22-15-18-7-6-10-21(14-18)23-20-8-4-3-5-9-20/h3-15H,1-2H3. The Morgan fingerprint density at radius 1 is 0.739 bits per heavy atom. The molecule has 0 fully saturated rings. The predicted octanol–water partition coefficient (Wildman–Crippen LogP) is 5.85. The molecular formula is C21H19NO. The molecule has 23 heavy (non-hydrogen) atoms. The van der Waals surface area contributed by atoms with Crippen LogP contribution in [-0.4, -0.2) is 6.21 Å². The van der Waals surface area contributed by atoms with Crippen molar-refractivity contribution in [1.29, 1.82) is 0 Å². The van der Waals surface area contributed by atoms with Crippen LogP contribution in [0.4, 0.5) is 5.69 Å². The van der Waals surface area contributed by atoms with Gasteiger partial charge in [-0.05, 0) is 66.9 Å². The van der Waals surface area contributed by atoms with Gasteiger partial charge in [0.25, 0.3) is 0 Å². The summed E-state index contributed by atoms with van der Waals surface area (Å²) < 4.78 is 5.84. The molecule has 0 aliphatic carbocycles. The number of aryl methyl sites for hydroxylation is 2. The van der Waals surface area contributed by atoms with E-state index in [0.29, 0.717) is 0 Å². The lowest BCUT2D eigenvalue weighted by atomic mass is 10.1. The summed E-state index contributed by atoms with van der Waals surface area (Å²) in [6.07, 6.45) is 1.86. The molecule has 0 aliphatic rings. The van der Waals surface area contributed by atoms with Gasteiger partial charge in [0.05, 0.1) is 5.69 Å². The molecule has 2 nitrogen and oxygen atoms in total. The molecule has 0 N–H and O–H groups in total. The first-order chi connectivity index (χ1) is 11.2. The lowest BCUT2D eigenvalue weighted by Crippen LogP contribution is -1.86. The maximum atomic E-state index is 5.84. The van der Waals surface area contributed by atoms with Gasteiger partial charge in [0, 0.05) is 6.21 Å². The van der Waals surface area contributed by atoms with Crippen LogP contribution < -0.4 is 4.74 Å². The minimum atomic E-state index is 0.806. The summed E-state index contributed by atoms with van der Waals surface area (Å²) in [7, 11) is 0. The van der Waals surface area contributed by atoms with E-state index < -0.39 is 0 Å². The highest BCUT2D eigenvalue weighted by atomic mass is 16.5. The molecule has 0 amide bonds. The molecular weight excluding hydrogens is 282 g/mol. The monoisotopic (exact) mass is 301 g/mol. The van der Waals surface area contributed by atoms with E-state index in [9.17, 15) is 0 Å². The first kappa shape index (κ1) is 15.0. The van der Waals surface area contributed by atoms with Gasteiger partial charge in [-0.2, -0.15) is 0 Å². The van der Waals surface area contributed by atoms with E-state index in [0.717, 1.165) is 22.7 Å². The van der Waals surface area contributed by atoms with Gasteiger partial charge in [-0.15, -0.1) is 0 Å². The van der Waals surface area contributed by atoms with E-state index in [2.05, 4.69) is 31.0 Å². The Bertz CT molecular complexity index is 822. The molecule has 114 valence electrons. The first-order valence-electron chi connectivity index (χ1n) is 7.65. The average molecular weight is 301 g/mol. The van der Waals surface area contributed by atoms with Crippen molar-refractivity contribution < 1.29 is 4.74 Å². The highest BCUT2D eigenvalue weighted by molar-refractivity contribution is 5.82. The fourth-order valence-electron chi connectivity index (χ4n) is 2.24. The molecule has 0 aliphatic heterocycles. The van der Waals surface area contributed by atoms with E-state index in [1.807, 2.05) is 66.9 Å². The second kappa shape index (κ2) is 6.93. The average Bonchev–Trinajstić information content (AvgIpc) is 2.57. The Kier molecular flexibility index (Phi) is 4.53. The second-order valence-electron chi connectivity index (χ2n) is 5.51. The van der Waals surface area contributed by atoms with Gasteiger partial charge in [0.2, 0.25) is 0 Å². The smallest absolute Gasteiger partial charge is 0.128 e. The first-order valence-corrected chi connectivity index (χ1v) is 7.65. The van der Waals surface area contributed by atoms with E-state index in [1.54, 1.807) is 0 Å². The van der Waals surface area contributed by atoms with Crippen LogP contribution in [0.15, 0.2) is 77.8 Å². The Morgan fingerprint density at radius 3 is 2.30 bits per heavy atom. The van der Waals surface area contributed by atoms with Crippen LogP contribution in [0.2, 0.25) is 0 Å². The number of rotatable bonds is 4. The van der Waals surface area contributed by atoms with Crippen LogP contribution in [-0.2, 0) is 0 Å². The van der Waals surface area contributed by atoms with Crippen molar-refractivity contribution in [2.24, 2.45) is 4.99 Å². The summed E-state index contributed by atoms with van der Waals surface area (Å²) in [6, 6.07) is 23.9. The quantitative estimate of drug-likeness (QED) is 0.554. The zero-order valence-corrected chi connectivity index (χ0v) is 13.4. The maximum Gasteiger partial charge on any atom is 0.128 e. The molecule has 3 rings (SSSR count). The van der Waals surface area contributed by atoms with Crippen molar-refractivity contribution in [3.8, 4) is 11.5 Å². The zero-order valence-electron chi connectivity index (χ0n) is 13.4. The topological polar surface area (TPSA) is 21.6 Å². The Labute approximate surface area is 137 Å². The van der Waals surface area contributed by atoms with E-state index in [4.69, 9.17) is 4.74 Å². The van der Waals surface area contributed by atoms with Crippen molar-refractivity contribution >= 4 is 11.9 Å². The molecule has 2 heteroatoms. The van der Waals surface area contributed by atoms with Crippen molar-refractivity contribution in [2.75, 3.05) is 0 Å². The summed E-state index contributed by atoms with van der Waals surface area (Å²) in [5.74, 6) is 1.64. The Balaban J connectivity index is 1.77. The third-order valence-electron chi connectivity index (χ3n) is 3.69. The molecule has 0 bridgehead atoms. The molecule has 0 aromatic heterocycles. The minimum Gasteiger partial charge on any atom is -0.457 e. The van der Waals surface area contributed by atoms with Gasteiger partial charge in [0.1, 0.15) is 11.5 Å². The van der Waals surface area contributed by atoms with E-state index in [1.165, 1.54) is 11.1 Å². The van der Waals surface area contributed by atoms with Gasteiger partial charge < -0.3 is 4.74 Å². The second-order valence-corrected chi connectivity index (χ2v) is 5.51. The lowest BCUT2D eigenvalue weighted by Gasteiger charge is -2.06. The summed E-state index contributed by atoms with van der Waals surface area (Å²) in [6.45, 7) is 4.20. The van der Waals surface area contributed by atoms with Gasteiger partial charge in [-0.3, -0.25) is 4.99 Å². The number of benzene rings is 3. The van der Waals surface area contributed by atoms with Crippen molar-refractivity contribution in [1.82, 2.24) is 0 Å². The SMILES string of the molecule is Cc1ccc(N=Cc2cccc(Oc3ccccc3)c2)cc1C. The van der Waals surface area contributed by atoms with Crippen molar-refractivity contribution in [3.63, 3.8) is 0 Å². The third-order valence-corrected chi connectivity index (χ3v) is 3.69. The van der Waals surface area contributed by atoms with Gasteiger partial charge >= 0.3 is 0 Å². The normalized spacial score (nSPS) is 10.9. The minimum absolute atomic E-state index is 0.806. The van der Waals surface area contributed by atoms with Crippen molar-refractivity contribution in [2.45, 2.75) is 13.8 Å². The van der Waals surface area contributed by atoms with Crippen LogP contribution in [0.3, 0.4) is 0 Å². The number of hydrogen-bond acceptors (Lipinski definition) is 2. The van der Waals surface area contributed by atoms with Crippen LogP contribution in [0, 0.1) is 13.8 Å². The summed E-state index contributed by atoms with van der Waals surface area (Å²) in [5, 5.41) is 0. The molecule has 0 unspecified atom stereocenters. The molecule has 0 atom stereocenters. The number of para-hydroxylation sites is 1. The molecule has 0 saturated carbocycles. The van der Waals surface area contributed by atoms with Crippen molar-refractivity contribution in [3.05, 3.63) is 89.5 Å². The Hall–Kier alpha value is -2.87. The summed E-state index contributed by atoms with van der Waals surface area (Å²) in [5.41, 5.74) is 4.50. The predicted molar refractivity (Wildman–Crippen MR) is 96.1 cm³/mol. The fourth-order valence-corrected chi connectivity index (χ4v) is 2.24. The van der Waals surface area contributed by atoms with Gasteiger partial charge in [-0.1, -0.05) is 36.4 Å². The lowest BCUT2D eigenvalue weighted by molar-refractivity contribution is 0.482. The number of nitrogens with zero attached hydrogens (tertiary/aromatic N) is 1. The van der Waals surface area contributed by atoms with Crippen LogP contribution in [0.25, 0.3) is 0 Å². The van der Waals surface area contributed by atoms with Gasteiger partial charge in [0.15, 0.2) is 0 Å². The molecule has 0 heterocycles. The molecule has 3 aromatic carbocycles. The number of ether oxygens (including phenoxy) is 1. The molecule has 0 radical (unpaired) electrons. The number of hydrogen-bond donors (Lipinski definition) is 0. The summed E-state index contributed by atoms with van der Waals surface area (Å²) >= 11 is 0. The highest BCUT2D eigenvalue weighted by Gasteiger charge is 1.98. The Morgan fingerprint density at radius 2 is 1.52 bits per heavy atom. The maximum absolute atomic E-state index is 5.84. The van der Waals surface area contributed by atoms with Crippen LogP contribution in [0.5, 0.6) is 11.5 Å². The van der Waals surface area contributed by atoms with Crippen LogP contribution >= 0.6 is 0 Å². The van der Waals surface area contributed by atoms with Crippen LogP contribution in [0.1, 0.15) is 16.7 Å². The molecule has 0 spiro atoms. The van der Waals surface area contributed by atoms with E-state index >= 15 is 0 Å². The van der Waals surface area contributed by atoms with E-state index in [-0.39, 0.29) is 0 Å². The number of aliphatic imine (C=N–C) groups is 1.